The van der Waals surface area contributed by atoms with Crippen LogP contribution in [0.25, 0.3) is 0 Å². The molecule has 0 bridgehead atoms. The topological polar surface area (TPSA) is 61.4 Å². The number of carbonyl (C=O) groups excluding carboxylic acids is 2. The Balaban J connectivity index is 1.37. The van der Waals surface area contributed by atoms with E-state index in [0.717, 1.165) is 31.0 Å². The van der Waals surface area contributed by atoms with Crippen LogP contribution >= 0.6 is 11.6 Å². The molecule has 1 unspecified atom stereocenters. The van der Waals surface area contributed by atoms with Crippen LogP contribution in [0.4, 0.5) is 0 Å². The standard InChI is InChI=1S/C22H26ClN3O2/c23-19-10-8-17(9-11-19)16-26-14-4-7-20(26)15-25-21(27)12-13-24-22(28)18-5-2-1-3-6-18/h1-3,5-6,8-11,20H,4,7,12-16H2,(H,24,28)(H,25,27). The van der Waals surface area contributed by atoms with Crippen LogP contribution in [-0.4, -0.2) is 42.4 Å². The zero-order valence-electron chi connectivity index (χ0n) is 15.9. The minimum atomic E-state index is -0.154. The SMILES string of the molecule is O=C(CCNC(=O)c1ccccc1)NCC1CCCN1Cc1ccc(Cl)cc1. The van der Waals surface area contributed by atoms with E-state index < -0.39 is 0 Å². The fraction of sp³-hybridized carbons (Fsp3) is 0.364. The molecule has 1 atom stereocenters. The summed E-state index contributed by atoms with van der Waals surface area (Å²) in [5.74, 6) is -0.190. The van der Waals surface area contributed by atoms with Gasteiger partial charge in [-0.25, -0.2) is 0 Å². The average Bonchev–Trinajstić information content (AvgIpc) is 3.15. The number of likely N-dealkylation sites (tertiary alicyclic amines) is 1. The Bertz CT molecular complexity index is 780. The Labute approximate surface area is 171 Å². The van der Waals surface area contributed by atoms with Gasteiger partial charge in [-0.1, -0.05) is 41.9 Å². The summed E-state index contributed by atoms with van der Waals surface area (Å²) in [7, 11) is 0. The van der Waals surface area contributed by atoms with Gasteiger partial charge in [0.1, 0.15) is 0 Å². The van der Waals surface area contributed by atoms with Gasteiger partial charge >= 0.3 is 0 Å². The van der Waals surface area contributed by atoms with Gasteiger partial charge in [0.15, 0.2) is 0 Å². The fourth-order valence-electron chi connectivity index (χ4n) is 3.46. The van der Waals surface area contributed by atoms with Crippen molar-refractivity contribution in [2.24, 2.45) is 0 Å². The molecule has 2 aromatic carbocycles. The summed E-state index contributed by atoms with van der Waals surface area (Å²) >= 11 is 5.95. The summed E-state index contributed by atoms with van der Waals surface area (Å²) < 4.78 is 0. The molecule has 148 valence electrons. The largest absolute Gasteiger partial charge is 0.354 e. The summed E-state index contributed by atoms with van der Waals surface area (Å²) in [4.78, 5) is 26.5. The third-order valence-corrected chi connectivity index (χ3v) is 5.26. The molecular weight excluding hydrogens is 374 g/mol. The van der Waals surface area contributed by atoms with Crippen molar-refractivity contribution >= 4 is 23.4 Å². The van der Waals surface area contributed by atoms with Crippen molar-refractivity contribution in [2.75, 3.05) is 19.6 Å². The molecule has 1 aliphatic rings. The van der Waals surface area contributed by atoms with Gasteiger partial charge in [0.2, 0.25) is 5.91 Å². The monoisotopic (exact) mass is 399 g/mol. The Morgan fingerprint density at radius 3 is 2.54 bits per heavy atom. The third kappa shape index (κ3) is 6.08. The van der Waals surface area contributed by atoms with Gasteiger partial charge in [-0.15, -0.1) is 0 Å². The first-order valence-electron chi connectivity index (χ1n) is 9.70. The van der Waals surface area contributed by atoms with Crippen LogP contribution in [0.3, 0.4) is 0 Å². The van der Waals surface area contributed by atoms with Crippen molar-refractivity contribution in [1.82, 2.24) is 15.5 Å². The summed E-state index contributed by atoms with van der Waals surface area (Å²) in [5.41, 5.74) is 1.83. The maximum Gasteiger partial charge on any atom is 0.251 e. The molecule has 1 heterocycles. The number of carbonyl (C=O) groups is 2. The van der Waals surface area contributed by atoms with Crippen LogP contribution in [0.1, 0.15) is 35.2 Å². The van der Waals surface area contributed by atoms with E-state index in [2.05, 4.69) is 15.5 Å². The minimum Gasteiger partial charge on any atom is -0.354 e. The third-order valence-electron chi connectivity index (χ3n) is 5.01. The molecule has 28 heavy (non-hydrogen) atoms. The van der Waals surface area contributed by atoms with Crippen LogP contribution in [0.5, 0.6) is 0 Å². The number of amides is 2. The molecule has 0 saturated carbocycles. The highest BCUT2D eigenvalue weighted by Crippen LogP contribution is 2.20. The number of nitrogens with one attached hydrogen (secondary N) is 2. The molecule has 3 rings (SSSR count). The Hall–Kier alpha value is -2.37. The van der Waals surface area contributed by atoms with E-state index in [9.17, 15) is 9.59 Å². The number of nitrogens with zero attached hydrogens (tertiary/aromatic N) is 1. The van der Waals surface area contributed by atoms with Crippen molar-refractivity contribution in [1.29, 1.82) is 0 Å². The van der Waals surface area contributed by atoms with Crippen molar-refractivity contribution in [3.63, 3.8) is 0 Å². The summed E-state index contributed by atoms with van der Waals surface area (Å²) in [6.45, 7) is 2.87. The lowest BCUT2D eigenvalue weighted by molar-refractivity contribution is -0.121. The Kier molecular flexibility index (Phi) is 7.46. The van der Waals surface area contributed by atoms with Gasteiger partial charge in [-0.3, -0.25) is 14.5 Å². The molecule has 0 spiro atoms. The highest BCUT2D eigenvalue weighted by atomic mass is 35.5. The zero-order valence-corrected chi connectivity index (χ0v) is 16.6. The van der Waals surface area contributed by atoms with E-state index in [1.807, 2.05) is 42.5 Å². The number of rotatable bonds is 8. The molecule has 0 radical (unpaired) electrons. The fourth-order valence-corrected chi connectivity index (χ4v) is 3.59. The van der Waals surface area contributed by atoms with Gasteiger partial charge in [0.05, 0.1) is 0 Å². The molecule has 0 aliphatic carbocycles. The van der Waals surface area contributed by atoms with Gasteiger partial charge < -0.3 is 10.6 Å². The predicted octanol–water partition coefficient (Wildman–Crippen LogP) is 3.24. The average molecular weight is 400 g/mol. The Morgan fingerprint density at radius 2 is 1.79 bits per heavy atom. The second-order valence-corrected chi connectivity index (χ2v) is 7.51. The highest BCUT2D eigenvalue weighted by Gasteiger charge is 2.24. The summed E-state index contributed by atoms with van der Waals surface area (Å²) in [5, 5.41) is 6.54. The van der Waals surface area contributed by atoms with E-state index in [1.165, 1.54) is 5.56 Å². The first-order chi connectivity index (χ1) is 13.6. The molecule has 2 N–H and O–H groups in total. The van der Waals surface area contributed by atoms with Gasteiger partial charge in [0, 0.05) is 42.7 Å². The molecule has 0 aromatic heterocycles. The van der Waals surface area contributed by atoms with Crippen LogP contribution in [0.15, 0.2) is 54.6 Å². The molecule has 2 aromatic rings. The van der Waals surface area contributed by atoms with Crippen LogP contribution in [-0.2, 0) is 11.3 Å². The van der Waals surface area contributed by atoms with E-state index in [1.54, 1.807) is 12.1 Å². The predicted molar refractivity (Wildman–Crippen MR) is 111 cm³/mol. The van der Waals surface area contributed by atoms with Gasteiger partial charge in [-0.2, -0.15) is 0 Å². The first-order valence-corrected chi connectivity index (χ1v) is 10.1. The van der Waals surface area contributed by atoms with Crippen LogP contribution < -0.4 is 10.6 Å². The van der Waals surface area contributed by atoms with Crippen LogP contribution in [0, 0.1) is 0 Å². The lowest BCUT2D eigenvalue weighted by Gasteiger charge is -2.24. The molecule has 1 fully saturated rings. The summed E-state index contributed by atoms with van der Waals surface area (Å²) in [6, 6.07) is 17.3. The molecule has 2 amide bonds. The normalized spacial score (nSPS) is 16.7. The molecule has 1 saturated heterocycles. The van der Waals surface area contributed by atoms with Crippen molar-refractivity contribution in [3.05, 3.63) is 70.7 Å². The molecule has 1 aliphatic heterocycles. The summed E-state index contributed by atoms with van der Waals surface area (Å²) in [6.07, 6.45) is 2.50. The maximum atomic E-state index is 12.1. The number of halogens is 1. The number of hydrogen-bond acceptors (Lipinski definition) is 3. The van der Waals surface area contributed by atoms with Gasteiger partial charge in [-0.05, 0) is 49.2 Å². The smallest absolute Gasteiger partial charge is 0.251 e. The maximum absolute atomic E-state index is 12.1. The van der Waals surface area contributed by atoms with Crippen molar-refractivity contribution in [3.8, 4) is 0 Å². The second-order valence-electron chi connectivity index (χ2n) is 7.07. The lowest BCUT2D eigenvalue weighted by atomic mass is 10.1. The van der Waals surface area contributed by atoms with Gasteiger partial charge in [0.25, 0.3) is 5.91 Å². The molecule has 5 nitrogen and oxygen atoms in total. The number of benzene rings is 2. The van der Waals surface area contributed by atoms with E-state index >= 15 is 0 Å². The van der Waals surface area contributed by atoms with E-state index in [4.69, 9.17) is 11.6 Å². The van der Waals surface area contributed by atoms with E-state index in [-0.39, 0.29) is 18.2 Å². The lowest BCUT2D eigenvalue weighted by Crippen LogP contribution is -2.40. The van der Waals surface area contributed by atoms with Crippen LogP contribution in [0.2, 0.25) is 5.02 Å². The zero-order chi connectivity index (χ0) is 19.8. The second kappa shape index (κ2) is 10.2. The molecule has 6 heteroatoms. The van der Waals surface area contributed by atoms with Crippen molar-refractivity contribution in [2.45, 2.75) is 31.8 Å². The minimum absolute atomic E-state index is 0.0355. The van der Waals surface area contributed by atoms with E-state index in [0.29, 0.717) is 24.7 Å². The first kappa shape index (κ1) is 20.4. The highest BCUT2D eigenvalue weighted by molar-refractivity contribution is 6.30. The van der Waals surface area contributed by atoms with Crippen molar-refractivity contribution < 1.29 is 9.59 Å². The quantitative estimate of drug-likeness (QED) is 0.716. The Morgan fingerprint density at radius 1 is 1.04 bits per heavy atom. The molecular formula is C22H26ClN3O2. The number of hydrogen-bond donors (Lipinski definition) is 2.